The van der Waals surface area contributed by atoms with Crippen LogP contribution in [-0.4, -0.2) is 33.1 Å². The van der Waals surface area contributed by atoms with E-state index in [-0.39, 0.29) is 12.0 Å². The zero-order valence-corrected chi connectivity index (χ0v) is 11.7. The van der Waals surface area contributed by atoms with Gasteiger partial charge in [-0.2, -0.15) is 15.0 Å². The Kier molecular flexibility index (Phi) is 4.45. The molecule has 0 aliphatic rings. The number of nitrogens with one attached hydrogen (secondary N) is 1. The minimum Gasteiger partial charge on any atom is -0.464 e. The van der Waals surface area contributed by atoms with Crippen molar-refractivity contribution in [1.29, 1.82) is 0 Å². The van der Waals surface area contributed by atoms with Crippen LogP contribution in [0, 0.1) is 6.92 Å². The molecule has 2 aromatic rings. The first-order valence-electron chi connectivity index (χ1n) is 5.96. The monoisotopic (exact) mass is 280 g/mol. The quantitative estimate of drug-likeness (QED) is 0.822. The van der Waals surface area contributed by atoms with E-state index in [2.05, 4.69) is 25.3 Å². The lowest BCUT2D eigenvalue weighted by atomic mass is 10.3. The summed E-state index contributed by atoms with van der Waals surface area (Å²) in [5.41, 5.74) is 6.64. The number of aromatic nitrogens is 4. The average molecular weight is 280 g/mol. The van der Waals surface area contributed by atoms with Crippen LogP contribution in [0.15, 0.2) is 5.38 Å². The fourth-order valence-electron chi connectivity index (χ4n) is 1.47. The lowest BCUT2D eigenvalue weighted by Crippen LogP contribution is -2.11. The fraction of sp³-hybridized carbons (Fsp3) is 0.455. The summed E-state index contributed by atoms with van der Waals surface area (Å²) in [5, 5.41) is 6.20. The van der Waals surface area contributed by atoms with E-state index in [4.69, 9.17) is 10.5 Å². The molecule has 0 aromatic carbocycles. The van der Waals surface area contributed by atoms with Gasteiger partial charge in [0.2, 0.25) is 11.9 Å². The Morgan fingerprint density at radius 3 is 2.84 bits per heavy atom. The number of aryl methyl sites for hydroxylation is 1. The molecule has 2 heterocycles. The topological polar surface area (TPSA) is 98.8 Å². The predicted molar refractivity (Wildman–Crippen MR) is 74.5 cm³/mol. The molecular formula is C11H16N6OS. The summed E-state index contributed by atoms with van der Waals surface area (Å²) in [6.45, 7) is 5.01. The smallest absolute Gasteiger partial charge is 0.323 e. The molecule has 0 atom stereocenters. The van der Waals surface area contributed by atoms with Gasteiger partial charge in [0.15, 0.2) is 0 Å². The molecule has 7 nitrogen and oxygen atoms in total. The largest absolute Gasteiger partial charge is 0.464 e. The van der Waals surface area contributed by atoms with Gasteiger partial charge in [-0.1, -0.05) is 0 Å². The molecule has 2 rings (SSSR count). The van der Waals surface area contributed by atoms with Crippen LogP contribution in [0.1, 0.15) is 17.6 Å². The summed E-state index contributed by atoms with van der Waals surface area (Å²) in [6.07, 6.45) is 0.805. The highest BCUT2D eigenvalue weighted by molar-refractivity contribution is 7.09. The predicted octanol–water partition coefficient (Wildman–Crippen LogP) is 1.27. The highest BCUT2D eigenvalue weighted by Crippen LogP contribution is 2.10. The Morgan fingerprint density at radius 2 is 2.16 bits per heavy atom. The van der Waals surface area contributed by atoms with Gasteiger partial charge < -0.3 is 15.8 Å². The first-order valence-corrected chi connectivity index (χ1v) is 6.84. The van der Waals surface area contributed by atoms with Crippen molar-refractivity contribution in [1.82, 2.24) is 19.9 Å². The van der Waals surface area contributed by atoms with Crippen molar-refractivity contribution in [2.45, 2.75) is 20.3 Å². The Hall–Kier alpha value is -1.96. The highest BCUT2D eigenvalue weighted by Gasteiger charge is 2.05. The molecule has 102 valence electrons. The van der Waals surface area contributed by atoms with Crippen molar-refractivity contribution in [2.75, 3.05) is 24.2 Å². The molecule has 0 aliphatic carbocycles. The van der Waals surface area contributed by atoms with Crippen molar-refractivity contribution < 1.29 is 4.74 Å². The van der Waals surface area contributed by atoms with E-state index in [0.29, 0.717) is 19.1 Å². The number of rotatable bonds is 6. The fourth-order valence-corrected chi connectivity index (χ4v) is 2.12. The van der Waals surface area contributed by atoms with Gasteiger partial charge in [-0.15, -0.1) is 11.3 Å². The number of hydrogen-bond donors (Lipinski definition) is 2. The third kappa shape index (κ3) is 4.02. The van der Waals surface area contributed by atoms with Crippen LogP contribution in [-0.2, 0) is 6.42 Å². The molecule has 19 heavy (non-hydrogen) atoms. The molecule has 0 saturated carbocycles. The SMILES string of the molecule is CCOc1nc(N)nc(NCCc2csc(C)n2)n1. The Labute approximate surface area is 115 Å². The Bertz CT molecular complexity index is 544. The number of nitrogen functional groups attached to an aromatic ring is 1. The number of thiazole rings is 1. The van der Waals surface area contributed by atoms with Crippen molar-refractivity contribution in [2.24, 2.45) is 0 Å². The summed E-state index contributed by atoms with van der Waals surface area (Å²) in [7, 11) is 0. The number of ether oxygens (including phenoxy) is 1. The van der Waals surface area contributed by atoms with Gasteiger partial charge in [-0.05, 0) is 13.8 Å². The lowest BCUT2D eigenvalue weighted by Gasteiger charge is -2.06. The van der Waals surface area contributed by atoms with Crippen molar-refractivity contribution in [3.63, 3.8) is 0 Å². The van der Waals surface area contributed by atoms with E-state index in [1.165, 1.54) is 0 Å². The van der Waals surface area contributed by atoms with Crippen LogP contribution in [0.3, 0.4) is 0 Å². The molecule has 0 spiro atoms. The van der Waals surface area contributed by atoms with Crippen LogP contribution in [0.2, 0.25) is 0 Å². The van der Waals surface area contributed by atoms with Gasteiger partial charge in [0.25, 0.3) is 0 Å². The number of hydrogen-bond acceptors (Lipinski definition) is 8. The van der Waals surface area contributed by atoms with Crippen LogP contribution in [0.4, 0.5) is 11.9 Å². The lowest BCUT2D eigenvalue weighted by molar-refractivity contribution is 0.312. The van der Waals surface area contributed by atoms with Crippen LogP contribution >= 0.6 is 11.3 Å². The summed E-state index contributed by atoms with van der Waals surface area (Å²) < 4.78 is 5.20. The van der Waals surface area contributed by atoms with Crippen LogP contribution < -0.4 is 15.8 Å². The Balaban J connectivity index is 1.91. The van der Waals surface area contributed by atoms with E-state index in [0.717, 1.165) is 17.1 Å². The first kappa shape index (κ1) is 13.5. The third-order valence-corrected chi connectivity index (χ3v) is 3.06. The van der Waals surface area contributed by atoms with Gasteiger partial charge in [-0.3, -0.25) is 0 Å². The zero-order valence-electron chi connectivity index (χ0n) is 10.9. The van der Waals surface area contributed by atoms with E-state index >= 15 is 0 Å². The van der Waals surface area contributed by atoms with Gasteiger partial charge in [-0.25, -0.2) is 4.98 Å². The second-order valence-corrected chi connectivity index (χ2v) is 4.83. The molecule has 3 N–H and O–H groups in total. The van der Waals surface area contributed by atoms with Gasteiger partial charge >= 0.3 is 6.01 Å². The molecule has 2 aromatic heterocycles. The number of anilines is 2. The summed E-state index contributed by atoms with van der Waals surface area (Å²) in [4.78, 5) is 16.4. The molecule has 0 bridgehead atoms. The van der Waals surface area contributed by atoms with Crippen LogP contribution in [0.5, 0.6) is 6.01 Å². The van der Waals surface area contributed by atoms with Gasteiger partial charge in [0.1, 0.15) is 0 Å². The minimum absolute atomic E-state index is 0.144. The maximum Gasteiger partial charge on any atom is 0.323 e. The molecule has 0 amide bonds. The summed E-state index contributed by atoms with van der Waals surface area (Å²) in [5.74, 6) is 0.563. The van der Waals surface area contributed by atoms with Crippen molar-refractivity contribution in [3.05, 3.63) is 16.1 Å². The second kappa shape index (κ2) is 6.28. The van der Waals surface area contributed by atoms with Crippen molar-refractivity contribution >= 4 is 23.2 Å². The molecule has 0 aliphatic heterocycles. The van der Waals surface area contributed by atoms with E-state index < -0.39 is 0 Å². The third-order valence-electron chi connectivity index (χ3n) is 2.24. The standard InChI is InChI=1S/C11H16N6OS/c1-3-18-11-16-9(12)15-10(17-11)13-5-4-8-6-19-7(2)14-8/h6H,3-5H2,1-2H3,(H3,12,13,15,16,17). The van der Waals surface area contributed by atoms with Crippen molar-refractivity contribution in [3.8, 4) is 6.01 Å². The van der Waals surface area contributed by atoms with E-state index in [1.54, 1.807) is 11.3 Å². The molecule has 0 unspecified atom stereocenters. The first-order chi connectivity index (χ1) is 9.17. The molecule has 0 fully saturated rings. The maximum absolute atomic E-state index is 5.58. The number of nitrogens with two attached hydrogens (primary N) is 1. The van der Waals surface area contributed by atoms with Gasteiger partial charge in [0.05, 0.1) is 17.3 Å². The second-order valence-electron chi connectivity index (χ2n) is 3.77. The molecule has 0 saturated heterocycles. The van der Waals surface area contributed by atoms with E-state index in [1.807, 2.05) is 19.2 Å². The minimum atomic E-state index is 0.144. The summed E-state index contributed by atoms with van der Waals surface area (Å²) >= 11 is 1.64. The molecule has 8 heteroatoms. The maximum atomic E-state index is 5.58. The summed E-state index contributed by atoms with van der Waals surface area (Å²) in [6, 6.07) is 0.238. The Morgan fingerprint density at radius 1 is 1.32 bits per heavy atom. The average Bonchev–Trinajstić information content (AvgIpc) is 2.75. The van der Waals surface area contributed by atoms with Crippen LogP contribution in [0.25, 0.3) is 0 Å². The molecular weight excluding hydrogens is 264 g/mol. The normalized spacial score (nSPS) is 10.4. The van der Waals surface area contributed by atoms with E-state index in [9.17, 15) is 0 Å². The zero-order chi connectivity index (χ0) is 13.7. The highest BCUT2D eigenvalue weighted by atomic mass is 32.1. The molecule has 0 radical (unpaired) electrons. The number of nitrogens with zero attached hydrogens (tertiary/aromatic N) is 4. The van der Waals surface area contributed by atoms with Gasteiger partial charge in [0, 0.05) is 18.3 Å².